The predicted octanol–water partition coefficient (Wildman–Crippen LogP) is 2.45. The highest BCUT2D eigenvalue weighted by atomic mass is 16.5. The summed E-state index contributed by atoms with van der Waals surface area (Å²) >= 11 is 0. The standard InChI is InChI=1S/C14H25NO2/c1-3-6-13(14(16)17-4-2)15-9-11-7-5-8-12(11)10-15/h11-13H,3-10H2,1-2H3. The molecule has 1 saturated carbocycles. The van der Waals surface area contributed by atoms with Gasteiger partial charge in [-0.3, -0.25) is 9.69 Å². The molecular formula is C14H25NO2. The molecule has 2 aliphatic rings. The fourth-order valence-electron chi connectivity index (χ4n) is 3.49. The van der Waals surface area contributed by atoms with Crippen molar-refractivity contribution in [3.05, 3.63) is 0 Å². The zero-order chi connectivity index (χ0) is 12.3. The molecule has 0 amide bonds. The van der Waals surface area contributed by atoms with Crippen LogP contribution >= 0.6 is 0 Å². The highest BCUT2D eigenvalue weighted by Crippen LogP contribution is 2.38. The molecule has 1 aliphatic carbocycles. The van der Waals surface area contributed by atoms with Gasteiger partial charge >= 0.3 is 5.97 Å². The van der Waals surface area contributed by atoms with Gasteiger partial charge in [0.2, 0.25) is 0 Å². The Hall–Kier alpha value is -0.570. The molecule has 0 aromatic rings. The summed E-state index contributed by atoms with van der Waals surface area (Å²) in [5.41, 5.74) is 0. The number of fused-ring (bicyclic) bond motifs is 1. The van der Waals surface area contributed by atoms with Gasteiger partial charge in [-0.15, -0.1) is 0 Å². The normalized spacial score (nSPS) is 30.2. The van der Waals surface area contributed by atoms with Crippen LogP contribution in [-0.4, -0.2) is 36.6 Å². The lowest BCUT2D eigenvalue weighted by Crippen LogP contribution is -2.41. The average molecular weight is 239 g/mol. The summed E-state index contributed by atoms with van der Waals surface area (Å²) in [6, 6.07) is 0.0190. The first-order valence-electron chi connectivity index (χ1n) is 7.17. The summed E-state index contributed by atoms with van der Waals surface area (Å²) < 4.78 is 5.21. The lowest BCUT2D eigenvalue weighted by molar-refractivity contribution is -0.149. The molecule has 3 nitrogen and oxygen atoms in total. The Balaban J connectivity index is 1.94. The zero-order valence-corrected chi connectivity index (χ0v) is 11.2. The summed E-state index contributed by atoms with van der Waals surface area (Å²) in [7, 11) is 0. The fourth-order valence-corrected chi connectivity index (χ4v) is 3.49. The zero-order valence-electron chi connectivity index (χ0n) is 11.2. The van der Waals surface area contributed by atoms with Crippen LogP contribution in [0, 0.1) is 11.8 Å². The minimum absolute atomic E-state index is 0.00526. The first-order valence-corrected chi connectivity index (χ1v) is 7.17. The second kappa shape index (κ2) is 5.85. The lowest BCUT2D eigenvalue weighted by Gasteiger charge is -2.26. The number of hydrogen-bond donors (Lipinski definition) is 0. The number of ether oxygens (including phenoxy) is 1. The van der Waals surface area contributed by atoms with Crippen LogP contribution in [0.2, 0.25) is 0 Å². The molecule has 2 rings (SSSR count). The van der Waals surface area contributed by atoms with E-state index in [0.29, 0.717) is 6.61 Å². The van der Waals surface area contributed by atoms with E-state index in [1.165, 1.54) is 19.3 Å². The molecule has 3 heteroatoms. The van der Waals surface area contributed by atoms with Gasteiger partial charge in [-0.1, -0.05) is 19.8 Å². The fraction of sp³-hybridized carbons (Fsp3) is 0.929. The molecule has 2 fully saturated rings. The molecule has 0 aromatic heterocycles. The van der Waals surface area contributed by atoms with E-state index in [1.807, 2.05) is 6.92 Å². The number of carbonyl (C=O) groups excluding carboxylic acids is 1. The molecule has 1 saturated heterocycles. The van der Waals surface area contributed by atoms with Gasteiger partial charge in [-0.2, -0.15) is 0 Å². The minimum atomic E-state index is -0.00526. The van der Waals surface area contributed by atoms with Crippen molar-refractivity contribution in [2.45, 2.75) is 52.0 Å². The Morgan fingerprint density at radius 1 is 1.29 bits per heavy atom. The lowest BCUT2D eigenvalue weighted by atomic mass is 10.0. The Kier molecular flexibility index (Phi) is 4.43. The summed E-state index contributed by atoms with van der Waals surface area (Å²) in [6.07, 6.45) is 6.11. The molecule has 0 spiro atoms. The molecule has 98 valence electrons. The van der Waals surface area contributed by atoms with Gasteiger partial charge in [0.25, 0.3) is 0 Å². The average Bonchev–Trinajstić information content (AvgIpc) is 2.86. The molecule has 1 heterocycles. The summed E-state index contributed by atoms with van der Waals surface area (Å²) in [6.45, 7) is 6.77. The maximum absolute atomic E-state index is 12.0. The van der Waals surface area contributed by atoms with E-state index in [4.69, 9.17) is 4.74 Å². The predicted molar refractivity (Wildman–Crippen MR) is 67.7 cm³/mol. The van der Waals surface area contributed by atoms with Crippen molar-refractivity contribution in [3.8, 4) is 0 Å². The van der Waals surface area contributed by atoms with E-state index in [0.717, 1.165) is 37.8 Å². The van der Waals surface area contributed by atoms with E-state index < -0.39 is 0 Å². The molecule has 0 N–H and O–H groups in total. The molecular weight excluding hydrogens is 214 g/mol. The van der Waals surface area contributed by atoms with E-state index in [1.54, 1.807) is 0 Å². The van der Waals surface area contributed by atoms with Crippen molar-refractivity contribution < 1.29 is 9.53 Å². The van der Waals surface area contributed by atoms with Crippen LogP contribution in [0.5, 0.6) is 0 Å². The van der Waals surface area contributed by atoms with Gasteiger partial charge in [-0.05, 0) is 38.0 Å². The largest absolute Gasteiger partial charge is 0.465 e. The molecule has 1 aliphatic heterocycles. The van der Waals surface area contributed by atoms with Gasteiger partial charge < -0.3 is 4.74 Å². The topological polar surface area (TPSA) is 29.5 Å². The maximum atomic E-state index is 12.0. The number of carbonyl (C=O) groups is 1. The summed E-state index contributed by atoms with van der Waals surface area (Å²) in [5.74, 6) is 1.70. The number of esters is 1. The molecule has 3 unspecified atom stereocenters. The van der Waals surface area contributed by atoms with E-state index >= 15 is 0 Å². The summed E-state index contributed by atoms with van der Waals surface area (Å²) in [4.78, 5) is 14.4. The van der Waals surface area contributed by atoms with E-state index in [2.05, 4.69) is 11.8 Å². The molecule has 0 aromatic carbocycles. The SMILES string of the molecule is CCCC(C(=O)OCC)N1CC2CCCC2C1. The van der Waals surface area contributed by atoms with Gasteiger partial charge in [0, 0.05) is 13.1 Å². The minimum Gasteiger partial charge on any atom is -0.465 e. The van der Waals surface area contributed by atoms with Gasteiger partial charge in [0.05, 0.1) is 6.61 Å². The van der Waals surface area contributed by atoms with Crippen LogP contribution < -0.4 is 0 Å². The van der Waals surface area contributed by atoms with Crippen molar-refractivity contribution >= 4 is 5.97 Å². The van der Waals surface area contributed by atoms with Crippen molar-refractivity contribution in [1.29, 1.82) is 0 Å². The Bertz CT molecular complexity index is 255. The highest BCUT2D eigenvalue weighted by Gasteiger charge is 2.40. The molecule has 3 atom stereocenters. The van der Waals surface area contributed by atoms with Crippen LogP contribution in [-0.2, 0) is 9.53 Å². The molecule has 0 radical (unpaired) electrons. The van der Waals surface area contributed by atoms with Crippen molar-refractivity contribution in [1.82, 2.24) is 4.90 Å². The number of likely N-dealkylation sites (tertiary alicyclic amines) is 1. The van der Waals surface area contributed by atoms with Gasteiger partial charge in [0.1, 0.15) is 6.04 Å². The van der Waals surface area contributed by atoms with Crippen LogP contribution in [0.1, 0.15) is 46.0 Å². The second-order valence-electron chi connectivity index (χ2n) is 5.46. The first-order chi connectivity index (χ1) is 8.26. The highest BCUT2D eigenvalue weighted by molar-refractivity contribution is 5.75. The smallest absolute Gasteiger partial charge is 0.323 e. The third-order valence-electron chi connectivity index (χ3n) is 4.32. The van der Waals surface area contributed by atoms with Gasteiger partial charge in [0.15, 0.2) is 0 Å². The van der Waals surface area contributed by atoms with Crippen LogP contribution in [0.15, 0.2) is 0 Å². The van der Waals surface area contributed by atoms with Crippen molar-refractivity contribution in [3.63, 3.8) is 0 Å². The van der Waals surface area contributed by atoms with Gasteiger partial charge in [-0.25, -0.2) is 0 Å². The van der Waals surface area contributed by atoms with Crippen molar-refractivity contribution in [2.75, 3.05) is 19.7 Å². The van der Waals surface area contributed by atoms with Crippen LogP contribution in [0.4, 0.5) is 0 Å². The summed E-state index contributed by atoms with van der Waals surface area (Å²) in [5, 5.41) is 0. The third-order valence-corrected chi connectivity index (χ3v) is 4.32. The second-order valence-corrected chi connectivity index (χ2v) is 5.46. The van der Waals surface area contributed by atoms with E-state index in [-0.39, 0.29) is 12.0 Å². The van der Waals surface area contributed by atoms with E-state index in [9.17, 15) is 4.79 Å². The maximum Gasteiger partial charge on any atom is 0.323 e. The Morgan fingerprint density at radius 3 is 2.47 bits per heavy atom. The third kappa shape index (κ3) is 2.82. The number of rotatable bonds is 5. The number of hydrogen-bond acceptors (Lipinski definition) is 3. The van der Waals surface area contributed by atoms with Crippen LogP contribution in [0.3, 0.4) is 0 Å². The Labute approximate surface area is 105 Å². The first kappa shape index (κ1) is 12.9. The molecule has 17 heavy (non-hydrogen) atoms. The molecule has 0 bridgehead atoms. The monoisotopic (exact) mass is 239 g/mol. The van der Waals surface area contributed by atoms with Crippen LogP contribution in [0.25, 0.3) is 0 Å². The quantitative estimate of drug-likeness (QED) is 0.690. The Morgan fingerprint density at radius 2 is 1.94 bits per heavy atom. The number of nitrogens with zero attached hydrogens (tertiary/aromatic N) is 1. The van der Waals surface area contributed by atoms with Crippen molar-refractivity contribution in [2.24, 2.45) is 11.8 Å².